The number of hydrogen-bond acceptors (Lipinski definition) is 2. The summed E-state index contributed by atoms with van der Waals surface area (Å²) in [7, 11) is 1.70. The third-order valence-electron chi connectivity index (χ3n) is 9.02. The molecule has 0 saturated heterocycles. The lowest BCUT2D eigenvalue weighted by atomic mass is 9.81. The Labute approximate surface area is 254 Å². The number of nitriles is 1. The summed E-state index contributed by atoms with van der Waals surface area (Å²) < 4.78 is 42.0. The van der Waals surface area contributed by atoms with Gasteiger partial charge in [0.05, 0.1) is 24.1 Å². The minimum Gasteiger partial charge on any atom is -0.454 e. The van der Waals surface area contributed by atoms with Gasteiger partial charge in [0.15, 0.2) is 6.17 Å². The maximum atomic E-state index is 15.9. The fraction of sp³-hybridized carbons (Fsp3) is 0.231. The smallest absolute Gasteiger partial charge is 0.219 e. The van der Waals surface area contributed by atoms with Crippen molar-refractivity contribution in [1.29, 1.82) is 5.26 Å². The molecule has 0 bridgehead atoms. The van der Waals surface area contributed by atoms with E-state index in [1.165, 1.54) is 22.3 Å². The highest BCUT2D eigenvalue weighted by Crippen LogP contribution is 2.50. The van der Waals surface area contributed by atoms with Gasteiger partial charge >= 0.3 is 0 Å². The Hall–Kier alpha value is -4.75. The van der Waals surface area contributed by atoms with Gasteiger partial charge in [0, 0.05) is 27.8 Å². The minimum absolute atomic E-state index is 0.0210. The predicted molar refractivity (Wildman–Crippen MR) is 171 cm³/mol. The monoisotopic (exact) mass is 567 g/mol. The first kappa shape index (κ1) is 24.8. The quantitative estimate of drug-likeness (QED) is 0.195. The van der Waals surface area contributed by atoms with Crippen molar-refractivity contribution >= 4 is 21.9 Å². The van der Waals surface area contributed by atoms with Crippen LogP contribution in [-0.2, 0) is 17.9 Å². The molecule has 0 saturated carbocycles. The molecule has 0 radical (unpaired) electrons. The van der Waals surface area contributed by atoms with Crippen molar-refractivity contribution in [1.82, 2.24) is 0 Å². The van der Waals surface area contributed by atoms with Crippen molar-refractivity contribution in [3.63, 3.8) is 0 Å². The van der Waals surface area contributed by atoms with Crippen LogP contribution in [0.4, 0.5) is 4.39 Å². The summed E-state index contributed by atoms with van der Waals surface area (Å²) in [6.07, 6.45) is 0.0210. The van der Waals surface area contributed by atoms with Crippen LogP contribution in [0.1, 0.15) is 65.2 Å². The lowest BCUT2D eigenvalue weighted by Crippen LogP contribution is -2.34. The van der Waals surface area contributed by atoms with Crippen molar-refractivity contribution in [2.24, 2.45) is 7.05 Å². The third-order valence-corrected chi connectivity index (χ3v) is 9.02. The standard InChI is InChI=1S/C39H34FN2O/c1-22-12-14-27-29-17-23(20-41)16-28(24-13-15-26-25-10-8-9-11-30(25)39(5,6)31(26)18-24)36(29)43-37(27)35(22)34-19-33(40)32(21-42(34)7)38(2,3)4/h8-19,21H,1-7H3/q+1/i19D,21D. The van der Waals surface area contributed by atoms with E-state index >= 15 is 4.39 Å². The molecule has 1 aliphatic carbocycles. The number of aromatic nitrogens is 1. The van der Waals surface area contributed by atoms with Gasteiger partial charge in [-0.15, -0.1) is 0 Å². The lowest BCUT2D eigenvalue weighted by molar-refractivity contribution is -0.661. The van der Waals surface area contributed by atoms with Crippen LogP contribution < -0.4 is 4.57 Å². The second-order valence-electron chi connectivity index (χ2n) is 13.3. The summed E-state index contributed by atoms with van der Waals surface area (Å²) in [4.78, 5) is 0. The number of pyridine rings is 1. The first-order valence-electron chi connectivity index (χ1n) is 15.6. The average molecular weight is 568 g/mol. The molecule has 0 N–H and O–H groups in total. The summed E-state index contributed by atoms with van der Waals surface area (Å²) in [6.45, 7) is 11.9. The first-order chi connectivity index (χ1) is 21.3. The third kappa shape index (κ3) is 3.95. The molecule has 0 unspecified atom stereocenters. The Morgan fingerprint density at radius 3 is 2.40 bits per heavy atom. The fourth-order valence-corrected chi connectivity index (χ4v) is 6.74. The highest BCUT2D eigenvalue weighted by atomic mass is 19.1. The molecule has 6 aromatic rings. The average Bonchev–Trinajstić information content (AvgIpc) is 3.48. The van der Waals surface area contributed by atoms with E-state index in [9.17, 15) is 5.26 Å². The van der Waals surface area contributed by atoms with Crippen LogP contribution in [0.15, 0.2) is 83.4 Å². The van der Waals surface area contributed by atoms with Crippen LogP contribution in [0.3, 0.4) is 0 Å². The van der Waals surface area contributed by atoms with Crippen LogP contribution in [-0.4, -0.2) is 0 Å². The Bertz CT molecular complexity index is 2270. The molecule has 43 heavy (non-hydrogen) atoms. The van der Waals surface area contributed by atoms with E-state index in [1.807, 2.05) is 52.0 Å². The van der Waals surface area contributed by atoms with Crippen molar-refractivity contribution < 1.29 is 16.1 Å². The number of fused-ring (bicyclic) bond motifs is 6. The molecule has 1 aliphatic rings. The molecule has 0 amide bonds. The van der Waals surface area contributed by atoms with Crippen molar-refractivity contribution in [2.75, 3.05) is 0 Å². The fourth-order valence-electron chi connectivity index (χ4n) is 6.74. The zero-order valence-corrected chi connectivity index (χ0v) is 25.5. The molecule has 0 aliphatic heterocycles. The molecule has 4 aromatic carbocycles. The Morgan fingerprint density at radius 1 is 0.907 bits per heavy atom. The van der Waals surface area contributed by atoms with Crippen LogP contribution in [0.2, 0.25) is 0 Å². The number of hydrogen-bond donors (Lipinski definition) is 0. The molecule has 2 heterocycles. The van der Waals surface area contributed by atoms with E-state index in [1.54, 1.807) is 11.6 Å². The number of halogens is 1. The molecule has 2 aromatic heterocycles. The van der Waals surface area contributed by atoms with Crippen molar-refractivity contribution in [3.05, 3.63) is 113 Å². The summed E-state index contributed by atoms with van der Waals surface area (Å²) in [6, 6.07) is 24.6. The maximum absolute atomic E-state index is 15.9. The summed E-state index contributed by atoms with van der Waals surface area (Å²) in [5, 5.41) is 11.6. The molecule has 0 spiro atoms. The molecule has 0 atom stereocenters. The number of rotatable bonds is 2. The summed E-state index contributed by atoms with van der Waals surface area (Å²) >= 11 is 0. The second kappa shape index (κ2) is 9.12. The summed E-state index contributed by atoms with van der Waals surface area (Å²) in [5.41, 5.74) is 9.32. The van der Waals surface area contributed by atoms with E-state index in [4.69, 9.17) is 7.16 Å². The van der Waals surface area contributed by atoms with Gasteiger partial charge in [0.1, 0.15) is 25.4 Å². The largest absolute Gasteiger partial charge is 0.454 e. The van der Waals surface area contributed by atoms with E-state index in [0.29, 0.717) is 22.3 Å². The topological polar surface area (TPSA) is 40.8 Å². The van der Waals surface area contributed by atoms with Gasteiger partial charge in [0.2, 0.25) is 5.69 Å². The number of benzene rings is 4. The lowest BCUT2D eigenvalue weighted by Gasteiger charge is -2.22. The zero-order chi connectivity index (χ0) is 32.2. The highest BCUT2D eigenvalue weighted by Gasteiger charge is 2.35. The Kier molecular flexibility index (Phi) is 5.26. The van der Waals surface area contributed by atoms with Gasteiger partial charge in [-0.1, -0.05) is 83.1 Å². The van der Waals surface area contributed by atoms with Crippen LogP contribution in [0.25, 0.3) is 55.4 Å². The van der Waals surface area contributed by atoms with E-state index in [-0.39, 0.29) is 28.9 Å². The Balaban J connectivity index is 1.52. The highest BCUT2D eigenvalue weighted by molar-refractivity contribution is 6.13. The number of aryl methyl sites for hydroxylation is 1. The van der Waals surface area contributed by atoms with Crippen LogP contribution in [0.5, 0.6) is 0 Å². The number of nitrogens with zero attached hydrogens (tertiary/aromatic N) is 2. The van der Waals surface area contributed by atoms with Gasteiger partial charge in [-0.05, 0) is 63.9 Å². The molecular formula is C39H34FN2O+. The second-order valence-corrected chi connectivity index (χ2v) is 13.3. The van der Waals surface area contributed by atoms with Crippen molar-refractivity contribution in [3.8, 4) is 39.6 Å². The van der Waals surface area contributed by atoms with Gasteiger partial charge in [-0.2, -0.15) is 5.26 Å². The molecule has 0 fully saturated rings. The van der Waals surface area contributed by atoms with Gasteiger partial charge < -0.3 is 4.42 Å². The summed E-state index contributed by atoms with van der Waals surface area (Å²) in [5.74, 6) is -0.692. The maximum Gasteiger partial charge on any atom is 0.219 e. The molecular weight excluding hydrogens is 531 g/mol. The van der Waals surface area contributed by atoms with E-state index in [0.717, 1.165) is 27.5 Å². The minimum atomic E-state index is -0.692. The van der Waals surface area contributed by atoms with Gasteiger partial charge in [-0.25, -0.2) is 8.96 Å². The zero-order valence-electron chi connectivity index (χ0n) is 27.5. The predicted octanol–water partition coefficient (Wildman–Crippen LogP) is 9.67. The normalized spacial score (nSPS) is 14.4. The Morgan fingerprint density at radius 2 is 1.65 bits per heavy atom. The first-order valence-corrected chi connectivity index (χ1v) is 14.6. The van der Waals surface area contributed by atoms with E-state index < -0.39 is 11.2 Å². The molecule has 212 valence electrons. The van der Waals surface area contributed by atoms with E-state index in [2.05, 4.69) is 62.4 Å². The molecule has 4 heteroatoms. The van der Waals surface area contributed by atoms with Crippen molar-refractivity contribution in [2.45, 2.75) is 52.4 Å². The van der Waals surface area contributed by atoms with Crippen LogP contribution in [0, 0.1) is 24.1 Å². The SMILES string of the molecule is [2H]c1c(F)c(C(C)(C)C)c([2H])[n+](C)c1-c1c(C)ccc2c1oc1c(-c3ccc4c(c3)C(C)(C)c3ccccc3-4)cc(C#N)cc12. The van der Waals surface area contributed by atoms with Gasteiger partial charge in [-0.3, -0.25) is 0 Å². The van der Waals surface area contributed by atoms with Gasteiger partial charge in [0.25, 0.3) is 0 Å². The molecule has 3 nitrogen and oxygen atoms in total. The molecule has 7 rings (SSSR count). The number of furan rings is 1. The van der Waals surface area contributed by atoms with Crippen LogP contribution >= 0.6 is 0 Å².